The zero-order valence-corrected chi connectivity index (χ0v) is 10.8. The number of ether oxygens (including phenoxy) is 2. The molecule has 3 rings (SSSR count). The summed E-state index contributed by atoms with van der Waals surface area (Å²) < 4.78 is 10.4. The summed E-state index contributed by atoms with van der Waals surface area (Å²) in [6.07, 6.45) is 4.60. The van der Waals surface area contributed by atoms with Gasteiger partial charge in [-0.3, -0.25) is 0 Å². The summed E-state index contributed by atoms with van der Waals surface area (Å²) in [6.45, 7) is 4.07. The Balaban J connectivity index is 1.72. The molecule has 1 saturated heterocycles. The van der Waals surface area contributed by atoms with E-state index in [4.69, 9.17) is 9.47 Å². The molecule has 4 nitrogen and oxygen atoms in total. The highest BCUT2D eigenvalue weighted by Crippen LogP contribution is 2.44. The highest BCUT2D eigenvalue weighted by atomic mass is 16.6. The molecule has 0 N–H and O–H groups in total. The maximum Gasteiger partial charge on any atom is 0.348 e. The fourth-order valence-corrected chi connectivity index (χ4v) is 3.19. The van der Waals surface area contributed by atoms with Gasteiger partial charge < -0.3 is 9.47 Å². The highest BCUT2D eigenvalue weighted by Gasteiger charge is 2.48. The van der Waals surface area contributed by atoms with Crippen LogP contribution in [0.3, 0.4) is 0 Å². The number of hydrogen-bond donors (Lipinski definition) is 0. The predicted molar refractivity (Wildman–Crippen MR) is 63.5 cm³/mol. The van der Waals surface area contributed by atoms with Gasteiger partial charge in [0.1, 0.15) is 6.61 Å². The minimum atomic E-state index is -0.759. The van der Waals surface area contributed by atoms with Crippen molar-refractivity contribution in [3.8, 4) is 0 Å². The van der Waals surface area contributed by atoms with Crippen LogP contribution in [0.25, 0.3) is 0 Å². The quantitative estimate of drug-likeness (QED) is 0.702. The number of hydrogen-bond acceptors (Lipinski definition) is 4. The summed E-state index contributed by atoms with van der Waals surface area (Å²) in [5.41, 5.74) is 0.354. The van der Waals surface area contributed by atoms with Crippen molar-refractivity contribution in [1.29, 1.82) is 0 Å². The van der Waals surface area contributed by atoms with Gasteiger partial charge in [-0.2, -0.15) is 0 Å². The van der Waals surface area contributed by atoms with Crippen molar-refractivity contribution < 1.29 is 19.1 Å². The van der Waals surface area contributed by atoms with E-state index in [0.29, 0.717) is 18.4 Å². The Labute approximate surface area is 106 Å². The van der Waals surface area contributed by atoms with Crippen LogP contribution in [0.1, 0.15) is 33.1 Å². The van der Waals surface area contributed by atoms with E-state index in [1.807, 2.05) is 19.9 Å². The van der Waals surface area contributed by atoms with E-state index in [1.165, 1.54) is 6.42 Å². The van der Waals surface area contributed by atoms with E-state index in [0.717, 1.165) is 18.4 Å². The molecule has 4 heteroatoms. The lowest BCUT2D eigenvalue weighted by molar-refractivity contribution is -0.160. The van der Waals surface area contributed by atoms with Gasteiger partial charge in [0.25, 0.3) is 0 Å². The Morgan fingerprint density at radius 1 is 1.44 bits per heavy atom. The average Bonchev–Trinajstić information content (AvgIpc) is 2.99. The Morgan fingerprint density at radius 2 is 2.22 bits per heavy atom. The molecule has 0 aromatic rings. The van der Waals surface area contributed by atoms with Gasteiger partial charge in [-0.1, -0.05) is 19.9 Å². The third-order valence-electron chi connectivity index (χ3n) is 4.30. The van der Waals surface area contributed by atoms with Gasteiger partial charge in [0, 0.05) is 11.0 Å². The fraction of sp³-hybridized carbons (Fsp3) is 0.714. The topological polar surface area (TPSA) is 52.6 Å². The first-order chi connectivity index (χ1) is 8.47. The molecule has 1 aliphatic heterocycles. The molecule has 3 atom stereocenters. The largest absolute Gasteiger partial charge is 0.462 e. The molecule has 1 saturated carbocycles. The van der Waals surface area contributed by atoms with Crippen LogP contribution in [0.15, 0.2) is 11.6 Å². The van der Waals surface area contributed by atoms with E-state index in [9.17, 15) is 9.59 Å². The number of cyclic esters (lactones) is 1. The smallest absolute Gasteiger partial charge is 0.348 e. The first-order valence-corrected chi connectivity index (χ1v) is 6.57. The molecule has 2 aliphatic carbocycles. The normalized spacial score (nSPS) is 36.4. The molecule has 0 amide bonds. The molecule has 0 spiro atoms. The maximum atomic E-state index is 12.1. The second-order valence-electron chi connectivity index (χ2n) is 6.27. The number of esters is 2. The van der Waals surface area contributed by atoms with Crippen LogP contribution in [-0.2, 0) is 19.1 Å². The van der Waals surface area contributed by atoms with Crippen molar-refractivity contribution in [2.45, 2.75) is 39.2 Å². The van der Waals surface area contributed by atoms with E-state index in [1.54, 1.807) is 0 Å². The lowest BCUT2D eigenvalue weighted by Crippen LogP contribution is -2.35. The van der Waals surface area contributed by atoms with Gasteiger partial charge >= 0.3 is 11.9 Å². The standard InChI is InChI=1S/C14H18O4/c1-14(2)7-17-13(16)11(14)18-12(15)10-6-8-3-4-9(10)5-8/h6,8-9,11H,3-5,7H2,1-2H3. The van der Waals surface area contributed by atoms with E-state index in [-0.39, 0.29) is 5.97 Å². The number of rotatable bonds is 2. The van der Waals surface area contributed by atoms with Gasteiger partial charge in [-0.15, -0.1) is 0 Å². The molecule has 2 fully saturated rings. The van der Waals surface area contributed by atoms with Crippen LogP contribution >= 0.6 is 0 Å². The van der Waals surface area contributed by atoms with Gasteiger partial charge in [-0.25, -0.2) is 9.59 Å². The summed E-state index contributed by atoms with van der Waals surface area (Å²) in [6, 6.07) is 0. The molecule has 1 heterocycles. The molecule has 18 heavy (non-hydrogen) atoms. The molecule has 2 bridgehead atoms. The zero-order valence-electron chi connectivity index (χ0n) is 10.8. The second-order valence-corrected chi connectivity index (χ2v) is 6.27. The molecule has 3 aliphatic rings. The highest BCUT2D eigenvalue weighted by molar-refractivity contribution is 5.92. The minimum Gasteiger partial charge on any atom is -0.462 e. The van der Waals surface area contributed by atoms with Crippen molar-refractivity contribution in [1.82, 2.24) is 0 Å². The Kier molecular flexibility index (Phi) is 2.50. The first-order valence-electron chi connectivity index (χ1n) is 6.57. The molecular weight excluding hydrogens is 232 g/mol. The van der Waals surface area contributed by atoms with E-state index >= 15 is 0 Å². The van der Waals surface area contributed by atoms with Gasteiger partial charge in [0.05, 0.1) is 0 Å². The Morgan fingerprint density at radius 3 is 2.72 bits per heavy atom. The monoisotopic (exact) mass is 250 g/mol. The van der Waals surface area contributed by atoms with E-state index in [2.05, 4.69) is 0 Å². The average molecular weight is 250 g/mol. The SMILES string of the molecule is CC1(C)COC(=O)C1OC(=O)C1=CC2CCC1C2. The molecule has 0 radical (unpaired) electrons. The van der Waals surface area contributed by atoms with Crippen molar-refractivity contribution in [2.24, 2.45) is 17.3 Å². The van der Waals surface area contributed by atoms with Gasteiger partial charge in [0.2, 0.25) is 6.10 Å². The summed E-state index contributed by atoms with van der Waals surface area (Å²) in [5, 5.41) is 0. The Hall–Kier alpha value is -1.32. The number of carbonyl (C=O) groups is 2. The number of allylic oxidation sites excluding steroid dienone is 1. The molecule has 0 aromatic heterocycles. The molecular formula is C14H18O4. The first kappa shape index (κ1) is 11.8. The lowest BCUT2D eigenvalue weighted by atomic mass is 9.89. The predicted octanol–water partition coefficient (Wildman–Crippen LogP) is 1.84. The Bertz CT molecular complexity index is 435. The van der Waals surface area contributed by atoms with Crippen molar-refractivity contribution >= 4 is 11.9 Å². The summed E-state index contributed by atoms with van der Waals surface area (Å²) in [5.74, 6) is 0.153. The summed E-state index contributed by atoms with van der Waals surface area (Å²) >= 11 is 0. The van der Waals surface area contributed by atoms with Crippen LogP contribution in [0, 0.1) is 17.3 Å². The van der Waals surface area contributed by atoms with Crippen LogP contribution in [-0.4, -0.2) is 24.6 Å². The van der Waals surface area contributed by atoms with Crippen LogP contribution in [0.2, 0.25) is 0 Å². The van der Waals surface area contributed by atoms with Crippen LogP contribution in [0.4, 0.5) is 0 Å². The van der Waals surface area contributed by atoms with Gasteiger partial charge in [-0.05, 0) is 31.1 Å². The van der Waals surface area contributed by atoms with Crippen molar-refractivity contribution in [3.63, 3.8) is 0 Å². The van der Waals surface area contributed by atoms with E-state index < -0.39 is 17.5 Å². The minimum absolute atomic E-state index is 0.314. The molecule has 3 unspecified atom stereocenters. The lowest BCUT2D eigenvalue weighted by Gasteiger charge is -2.23. The number of fused-ring (bicyclic) bond motifs is 2. The van der Waals surface area contributed by atoms with Crippen molar-refractivity contribution in [2.75, 3.05) is 6.61 Å². The summed E-state index contributed by atoms with van der Waals surface area (Å²) in [7, 11) is 0. The molecule has 0 aromatic carbocycles. The van der Waals surface area contributed by atoms with Crippen LogP contribution < -0.4 is 0 Å². The zero-order chi connectivity index (χ0) is 12.9. The molecule has 98 valence electrons. The van der Waals surface area contributed by atoms with Crippen molar-refractivity contribution in [3.05, 3.63) is 11.6 Å². The van der Waals surface area contributed by atoms with Crippen LogP contribution in [0.5, 0.6) is 0 Å². The third-order valence-corrected chi connectivity index (χ3v) is 4.30. The summed E-state index contributed by atoms with van der Waals surface area (Å²) in [4.78, 5) is 23.7. The number of carbonyl (C=O) groups excluding carboxylic acids is 2. The fourth-order valence-electron chi connectivity index (χ4n) is 3.19. The third kappa shape index (κ3) is 1.74. The second kappa shape index (κ2) is 3.84. The maximum absolute atomic E-state index is 12.1. The van der Waals surface area contributed by atoms with Gasteiger partial charge in [0.15, 0.2) is 0 Å².